The average molecular weight is 537 g/mol. The average Bonchev–Trinajstić information content (AvgIpc) is 2.91. The summed E-state index contributed by atoms with van der Waals surface area (Å²) in [4.78, 5) is 13.6. The van der Waals surface area contributed by atoms with Crippen LogP contribution in [0.3, 0.4) is 0 Å². The lowest BCUT2D eigenvalue weighted by Gasteiger charge is -2.52. The predicted molar refractivity (Wildman–Crippen MR) is 138 cm³/mol. The van der Waals surface area contributed by atoms with Gasteiger partial charge in [-0.25, -0.2) is 4.79 Å². The third-order valence-corrected chi connectivity index (χ3v) is 8.16. The van der Waals surface area contributed by atoms with Crippen LogP contribution in [-0.2, 0) is 15.1 Å². The number of fused-ring (bicyclic) bond motifs is 3. The number of ether oxygens (including phenoxy) is 2. The smallest absolute Gasteiger partial charge is 0.348 e. The SMILES string of the molecule is O=C(OC1C[N+]2(CCOc3ccc(Br)cc3)CCC1CC2)C(O)(c1ccccc1)c1ccccc1. The molecule has 3 aromatic rings. The fraction of sp³-hybridized carbons (Fsp3) is 0.345. The fourth-order valence-electron chi connectivity index (χ4n) is 5.54. The third-order valence-electron chi connectivity index (χ3n) is 7.63. The molecule has 182 valence electrons. The van der Waals surface area contributed by atoms with Crippen molar-refractivity contribution < 1.29 is 23.9 Å². The highest BCUT2D eigenvalue weighted by atomic mass is 79.9. The summed E-state index contributed by atoms with van der Waals surface area (Å²) in [7, 11) is 0. The Balaban J connectivity index is 1.30. The van der Waals surface area contributed by atoms with Crippen LogP contribution in [0, 0.1) is 5.92 Å². The Morgan fingerprint density at radius 1 is 0.914 bits per heavy atom. The number of piperidine rings is 3. The van der Waals surface area contributed by atoms with Crippen LogP contribution >= 0.6 is 15.9 Å². The maximum atomic E-state index is 13.6. The minimum absolute atomic E-state index is 0.211. The minimum Gasteiger partial charge on any atom is -0.488 e. The second kappa shape index (κ2) is 10.1. The van der Waals surface area contributed by atoms with E-state index in [0.29, 0.717) is 23.7 Å². The monoisotopic (exact) mass is 536 g/mol. The lowest BCUT2D eigenvalue weighted by Crippen LogP contribution is -2.65. The van der Waals surface area contributed by atoms with Crippen molar-refractivity contribution in [3.05, 3.63) is 101 Å². The summed E-state index contributed by atoms with van der Waals surface area (Å²) in [6.45, 7) is 4.40. The van der Waals surface area contributed by atoms with Gasteiger partial charge < -0.3 is 19.1 Å². The van der Waals surface area contributed by atoms with Crippen molar-refractivity contribution >= 4 is 21.9 Å². The van der Waals surface area contributed by atoms with Crippen molar-refractivity contribution in [1.82, 2.24) is 0 Å². The van der Waals surface area contributed by atoms with Crippen molar-refractivity contribution in [3.63, 3.8) is 0 Å². The molecular weight excluding hydrogens is 506 g/mol. The van der Waals surface area contributed by atoms with Crippen LogP contribution in [-0.4, -0.2) is 54.4 Å². The quantitative estimate of drug-likeness (QED) is 0.328. The number of hydrogen-bond acceptors (Lipinski definition) is 4. The van der Waals surface area contributed by atoms with Crippen LogP contribution in [0.4, 0.5) is 0 Å². The summed E-state index contributed by atoms with van der Waals surface area (Å²) in [5.74, 6) is 0.595. The Morgan fingerprint density at radius 3 is 2.06 bits per heavy atom. The number of rotatable bonds is 8. The van der Waals surface area contributed by atoms with E-state index in [0.717, 1.165) is 53.7 Å². The highest BCUT2D eigenvalue weighted by molar-refractivity contribution is 9.10. The number of halogens is 1. The first-order valence-electron chi connectivity index (χ1n) is 12.3. The molecule has 0 aliphatic carbocycles. The number of benzene rings is 3. The molecular formula is C29H31BrNO4+. The van der Waals surface area contributed by atoms with Crippen molar-refractivity contribution in [3.8, 4) is 5.75 Å². The highest BCUT2D eigenvalue weighted by Gasteiger charge is 2.50. The van der Waals surface area contributed by atoms with Gasteiger partial charge in [-0.1, -0.05) is 76.6 Å². The zero-order valence-electron chi connectivity index (χ0n) is 19.7. The molecule has 6 rings (SSSR count). The summed E-state index contributed by atoms with van der Waals surface area (Å²) in [5, 5.41) is 11.8. The summed E-state index contributed by atoms with van der Waals surface area (Å²) in [6.07, 6.45) is 1.83. The van der Waals surface area contributed by atoms with Gasteiger partial charge in [0.05, 0.1) is 13.1 Å². The molecule has 3 heterocycles. The van der Waals surface area contributed by atoms with Crippen LogP contribution in [0.5, 0.6) is 5.75 Å². The van der Waals surface area contributed by atoms with Crippen LogP contribution in [0.2, 0.25) is 0 Å². The van der Waals surface area contributed by atoms with E-state index in [4.69, 9.17) is 9.47 Å². The van der Waals surface area contributed by atoms with Gasteiger partial charge in [-0.2, -0.15) is 0 Å². The number of hydrogen-bond donors (Lipinski definition) is 1. The maximum Gasteiger partial charge on any atom is 0.348 e. The predicted octanol–water partition coefficient (Wildman–Crippen LogP) is 4.92. The van der Waals surface area contributed by atoms with E-state index in [1.54, 1.807) is 24.3 Å². The molecule has 1 unspecified atom stereocenters. The van der Waals surface area contributed by atoms with Gasteiger partial charge in [0, 0.05) is 23.2 Å². The Morgan fingerprint density at radius 2 is 1.49 bits per heavy atom. The molecule has 1 N–H and O–H groups in total. The van der Waals surface area contributed by atoms with Gasteiger partial charge in [0.2, 0.25) is 5.60 Å². The van der Waals surface area contributed by atoms with Gasteiger partial charge in [0.1, 0.15) is 25.4 Å². The Bertz CT molecular complexity index is 1090. The molecule has 35 heavy (non-hydrogen) atoms. The minimum atomic E-state index is -1.84. The highest BCUT2D eigenvalue weighted by Crippen LogP contribution is 2.38. The molecule has 3 saturated heterocycles. The zero-order valence-corrected chi connectivity index (χ0v) is 21.3. The Hall–Kier alpha value is -2.67. The third kappa shape index (κ3) is 5.01. The van der Waals surface area contributed by atoms with Crippen LogP contribution < -0.4 is 4.74 Å². The summed E-state index contributed by atoms with van der Waals surface area (Å²) < 4.78 is 14.1. The van der Waals surface area contributed by atoms with Gasteiger partial charge in [-0.05, 0) is 35.4 Å². The van der Waals surface area contributed by atoms with Gasteiger partial charge in [0.25, 0.3) is 0 Å². The van der Waals surface area contributed by atoms with E-state index >= 15 is 0 Å². The summed E-state index contributed by atoms with van der Waals surface area (Å²) in [5.41, 5.74) is -0.808. The van der Waals surface area contributed by atoms with E-state index in [9.17, 15) is 9.90 Å². The summed E-state index contributed by atoms with van der Waals surface area (Å²) >= 11 is 3.45. The number of aliphatic hydroxyl groups is 1. The van der Waals surface area contributed by atoms with Crippen molar-refractivity contribution in [1.29, 1.82) is 0 Å². The molecule has 5 nitrogen and oxygen atoms in total. The molecule has 2 bridgehead atoms. The molecule has 6 heteroatoms. The lowest BCUT2D eigenvalue weighted by atomic mass is 9.82. The van der Waals surface area contributed by atoms with Crippen molar-refractivity contribution in [2.45, 2.75) is 24.5 Å². The number of nitrogens with zero attached hydrogens (tertiary/aromatic N) is 1. The molecule has 3 aliphatic rings. The van der Waals surface area contributed by atoms with E-state index in [2.05, 4.69) is 15.9 Å². The normalized spacial score (nSPS) is 23.6. The van der Waals surface area contributed by atoms with Crippen LogP contribution in [0.25, 0.3) is 0 Å². The lowest BCUT2D eigenvalue weighted by molar-refractivity contribution is -0.946. The Kier molecular flexibility index (Phi) is 6.96. The molecule has 0 radical (unpaired) electrons. The van der Waals surface area contributed by atoms with E-state index < -0.39 is 11.6 Å². The molecule has 0 amide bonds. The number of carbonyl (C=O) groups excluding carboxylic acids is 1. The fourth-order valence-corrected chi connectivity index (χ4v) is 5.81. The molecule has 0 spiro atoms. The second-order valence-corrected chi connectivity index (χ2v) is 10.6. The van der Waals surface area contributed by atoms with Crippen LogP contribution in [0.15, 0.2) is 89.4 Å². The van der Waals surface area contributed by atoms with Gasteiger partial charge >= 0.3 is 5.97 Å². The van der Waals surface area contributed by atoms with Gasteiger partial charge in [-0.3, -0.25) is 0 Å². The van der Waals surface area contributed by atoms with E-state index in [-0.39, 0.29) is 6.10 Å². The molecule has 0 saturated carbocycles. The largest absolute Gasteiger partial charge is 0.488 e. The Labute approximate surface area is 215 Å². The van der Waals surface area contributed by atoms with E-state index in [1.807, 2.05) is 60.7 Å². The van der Waals surface area contributed by atoms with E-state index in [1.165, 1.54) is 0 Å². The number of carbonyl (C=O) groups is 1. The first kappa shape index (κ1) is 24.0. The van der Waals surface area contributed by atoms with Crippen molar-refractivity contribution in [2.24, 2.45) is 5.92 Å². The first-order chi connectivity index (χ1) is 17.0. The second-order valence-electron chi connectivity index (χ2n) is 9.72. The molecule has 3 fully saturated rings. The summed E-state index contributed by atoms with van der Waals surface area (Å²) in [6, 6.07) is 26.0. The van der Waals surface area contributed by atoms with Crippen molar-refractivity contribution in [2.75, 3.05) is 32.8 Å². The molecule has 1 atom stereocenters. The first-order valence-corrected chi connectivity index (χ1v) is 13.1. The molecule has 0 aromatic heterocycles. The number of esters is 1. The topological polar surface area (TPSA) is 55.8 Å². The number of quaternary nitrogens is 1. The van der Waals surface area contributed by atoms with Gasteiger partial charge in [0.15, 0.2) is 6.10 Å². The van der Waals surface area contributed by atoms with Crippen LogP contribution in [0.1, 0.15) is 24.0 Å². The molecule has 3 aliphatic heterocycles. The zero-order chi connectivity index (χ0) is 24.3. The van der Waals surface area contributed by atoms with Gasteiger partial charge in [-0.15, -0.1) is 0 Å². The standard InChI is InChI=1S/C29H31BrNO4/c30-25-11-13-26(14-12-25)34-20-19-31-17-15-22(16-18-31)27(21-31)35-28(32)29(33,23-7-3-1-4-8-23)24-9-5-2-6-10-24/h1-14,22,27,33H,15-21H2/q+1. The maximum absolute atomic E-state index is 13.6. The molecule has 3 aromatic carbocycles.